The number of rotatable bonds is 3. The molecule has 1 aliphatic heterocycles. The number of primary sulfonamides is 1. The number of carboxylic acids is 1. The number of benzene rings is 1. The van der Waals surface area contributed by atoms with E-state index in [1.54, 1.807) is 0 Å². The van der Waals surface area contributed by atoms with Crippen LogP contribution in [-0.2, 0) is 10.0 Å². The van der Waals surface area contributed by atoms with E-state index in [2.05, 4.69) is 0 Å². The summed E-state index contributed by atoms with van der Waals surface area (Å²) in [6.45, 7) is 1.57. The Morgan fingerprint density at radius 3 is 2.25 bits per heavy atom. The van der Waals surface area contributed by atoms with Gasteiger partial charge < -0.3 is 10.0 Å². The molecule has 1 saturated heterocycles. The molecule has 1 fully saturated rings. The largest absolute Gasteiger partial charge is 0.478 e. The van der Waals surface area contributed by atoms with Crippen molar-refractivity contribution in [3.63, 3.8) is 0 Å². The molecule has 110 valence electrons. The van der Waals surface area contributed by atoms with E-state index in [9.17, 15) is 18.3 Å². The van der Waals surface area contributed by atoms with Gasteiger partial charge in [-0.1, -0.05) is 12.8 Å². The van der Waals surface area contributed by atoms with Gasteiger partial charge in [0.15, 0.2) is 0 Å². The summed E-state index contributed by atoms with van der Waals surface area (Å²) in [5, 5.41) is 14.3. The molecule has 0 atom stereocenters. The quantitative estimate of drug-likeness (QED) is 0.878. The third kappa shape index (κ3) is 3.29. The van der Waals surface area contributed by atoms with Crippen LogP contribution >= 0.6 is 0 Å². The number of carbonyl (C=O) groups is 1. The van der Waals surface area contributed by atoms with Crippen molar-refractivity contribution in [1.82, 2.24) is 0 Å². The van der Waals surface area contributed by atoms with Crippen LogP contribution in [0.5, 0.6) is 0 Å². The standard InChI is InChI=1S/C13H18N2O4S/c14-20(18,19)10-5-6-12(11(9-10)13(16)17)15-7-3-1-2-4-8-15/h5-6,9H,1-4,7-8H2,(H,16,17)(H2,14,18,19). The first-order valence-corrected chi connectivity index (χ1v) is 8.09. The summed E-state index contributed by atoms with van der Waals surface area (Å²) in [6.07, 6.45) is 4.29. The number of sulfonamides is 1. The molecule has 1 heterocycles. The van der Waals surface area contributed by atoms with Crippen molar-refractivity contribution in [2.24, 2.45) is 5.14 Å². The van der Waals surface area contributed by atoms with Crippen molar-refractivity contribution < 1.29 is 18.3 Å². The molecular formula is C13H18N2O4S. The lowest BCUT2D eigenvalue weighted by Gasteiger charge is -2.24. The molecule has 0 spiro atoms. The van der Waals surface area contributed by atoms with Gasteiger partial charge in [0.25, 0.3) is 0 Å². The molecule has 1 aromatic carbocycles. The summed E-state index contributed by atoms with van der Waals surface area (Å²) in [5.74, 6) is -1.14. The highest BCUT2D eigenvalue weighted by molar-refractivity contribution is 7.89. The zero-order valence-corrected chi connectivity index (χ0v) is 11.9. The number of carboxylic acid groups (broad SMARTS) is 1. The van der Waals surface area contributed by atoms with Crippen molar-refractivity contribution >= 4 is 21.7 Å². The fourth-order valence-electron chi connectivity index (χ4n) is 2.45. The number of hydrogen-bond acceptors (Lipinski definition) is 4. The van der Waals surface area contributed by atoms with E-state index in [-0.39, 0.29) is 10.5 Å². The van der Waals surface area contributed by atoms with Gasteiger partial charge in [0.05, 0.1) is 16.1 Å². The smallest absolute Gasteiger partial charge is 0.337 e. The number of hydrogen-bond donors (Lipinski definition) is 2. The van der Waals surface area contributed by atoms with Gasteiger partial charge in [-0.05, 0) is 31.0 Å². The Balaban J connectivity index is 2.44. The molecular weight excluding hydrogens is 280 g/mol. The van der Waals surface area contributed by atoms with E-state index >= 15 is 0 Å². The number of nitrogens with zero attached hydrogens (tertiary/aromatic N) is 1. The Morgan fingerprint density at radius 1 is 1.15 bits per heavy atom. The van der Waals surface area contributed by atoms with Crippen LogP contribution in [-0.4, -0.2) is 32.6 Å². The number of anilines is 1. The zero-order valence-electron chi connectivity index (χ0n) is 11.1. The second kappa shape index (κ2) is 5.80. The summed E-state index contributed by atoms with van der Waals surface area (Å²) >= 11 is 0. The van der Waals surface area contributed by atoms with Gasteiger partial charge in [-0.3, -0.25) is 0 Å². The average molecular weight is 298 g/mol. The van der Waals surface area contributed by atoms with Crippen LogP contribution in [0.25, 0.3) is 0 Å². The van der Waals surface area contributed by atoms with Crippen molar-refractivity contribution in [3.8, 4) is 0 Å². The third-order valence-electron chi connectivity index (χ3n) is 3.47. The number of nitrogens with two attached hydrogens (primary N) is 1. The van der Waals surface area contributed by atoms with Crippen LogP contribution in [0.3, 0.4) is 0 Å². The number of aromatic carboxylic acids is 1. The Morgan fingerprint density at radius 2 is 1.75 bits per heavy atom. The highest BCUT2D eigenvalue weighted by atomic mass is 32.2. The average Bonchev–Trinajstić information content (AvgIpc) is 2.65. The molecule has 6 nitrogen and oxygen atoms in total. The predicted octanol–water partition coefficient (Wildman–Crippen LogP) is 1.41. The molecule has 3 N–H and O–H groups in total. The molecule has 1 aliphatic rings. The molecule has 1 aromatic rings. The van der Waals surface area contributed by atoms with Gasteiger partial charge >= 0.3 is 5.97 Å². The van der Waals surface area contributed by atoms with Crippen LogP contribution in [0.4, 0.5) is 5.69 Å². The topological polar surface area (TPSA) is 101 Å². The summed E-state index contributed by atoms with van der Waals surface area (Å²) in [5.41, 5.74) is 0.547. The minimum atomic E-state index is -3.90. The van der Waals surface area contributed by atoms with Gasteiger partial charge in [0.1, 0.15) is 0 Å². The van der Waals surface area contributed by atoms with E-state index in [0.29, 0.717) is 5.69 Å². The van der Waals surface area contributed by atoms with Crippen molar-refractivity contribution in [3.05, 3.63) is 23.8 Å². The van der Waals surface area contributed by atoms with Crippen LogP contribution in [0, 0.1) is 0 Å². The minimum Gasteiger partial charge on any atom is -0.478 e. The van der Waals surface area contributed by atoms with Crippen molar-refractivity contribution in [2.45, 2.75) is 30.6 Å². The Labute approximate surface area is 118 Å². The zero-order chi connectivity index (χ0) is 14.8. The lowest BCUT2D eigenvalue weighted by Crippen LogP contribution is -2.26. The fraction of sp³-hybridized carbons (Fsp3) is 0.462. The first kappa shape index (κ1) is 14.8. The van der Waals surface area contributed by atoms with Crippen LogP contribution in [0.2, 0.25) is 0 Å². The molecule has 2 rings (SSSR count). The minimum absolute atomic E-state index is 0.0153. The van der Waals surface area contributed by atoms with E-state index < -0.39 is 16.0 Å². The lowest BCUT2D eigenvalue weighted by molar-refractivity contribution is 0.0697. The summed E-state index contributed by atoms with van der Waals surface area (Å²) in [7, 11) is -3.90. The molecule has 0 bridgehead atoms. The second-order valence-electron chi connectivity index (χ2n) is 4.93. The molecule has 0 amide bonds. The second-order valence-corrected chi connectivity index (χ2v) is 6.49. The van der Waals surface area contributed by atoms with Gasteiger partial charge in [-0.2, -0.15) is 0 Å². The first-order chi connectivity index (χ1) is 9.39. The molecule has 0 aliphatic carbocycles. The third-order valence-corrected chi connectivity index (χ3v) is 4.38. The Kier molecular flexibility index (Phi) is 4.29. The van der Waals surface area contributed by atoms with Gasteiger partial charge in [0, 0.05) is 13.1 Å². The predicted molar refractivity (Wildman–Crippen MR) is 75.5 cm³/mol. The molecule has 20 heavy (non-hydrogen) atoms. The summed E-state index contributed by atoms with van der Waals surface area (Å²) < 4.78 is 22.6. The Hall–Kier alpha value is -1.60. The van der Waals surface area contributed by atoms with Crippen molar-refractivity contribution in [1.29, 1.82) is 0 Å². The van der Waals surface area contributed by atoms with Gasteiger partial charge in [0.2, 0.25) is 10.0 Å². The molecule has 7 heteroatoms. The summed E-state index contributed by atoms with van der Waals surface area (Å²) in [6, 6.07) is 4.04. The van der Waals surface area contributed by atoms with Gasteiger partial charge in [-0.15, -0.1) is 0 Å². The Bertz CT molecular complexity index is 605. The van der Waals surface area contributed by atoms with E-state index in [1.807, 2.05) is 4.90 Å². The van der Waals surface area contributed by atoms with Crippen molar-refractivity contribution in [2.75, 3.05) is 18.0 Å². The van der Waals surface area contributed by atoms with E-state index in [1.165, 1.54) is 12.1 Å². The summed E-state index contributed by atoms with van der Waals surface area (Å²) in [4.78, 5) is 13.2. The highest BCUT2D eigenvalue weighted by Gasteiger charge is 2.20. The first-order valence-electron chi connectivity index (χ1n) is 6.54. The van der Waals surface area contributed by atoms with E-state index in [4.69, 9.17) is 5.14 Å². The van der Waals surface area contributed by atoms with Gasteiger partial charge in [-0.25, -0.2) is 18.4 Å². The molecule has 0 unspecified atom stereocenters. The van der Waals surface area contributed by atoms with E-state index in [0.717, 1.165) is 44.8 Å². The highest BCUT2D eigenvalue weighted by Crippen LogP contribution is 2.26. The molecule has 0 radical (unpaired) electrons. The van der Waals surface area contributed by atoms with Crippen LogP contribution < -0.4 is 10.0 Å². The normalized spacial score (nSPS) is 16.8. The maximum absolute atomic E-state index is 11.4. The molecule has 0 saturated carbocycles. The maximum Gasteiger partial charge on any atom is 0.337 e. The van der Waals surface area contributed by atoms with Crippen LogP contribution in [0.1, 0.15) is 36.0 Å². The monoisotopic (exact) mass is 298 g/mol. The molecule has 0 aromatic heterocycles. The fourth-order valence-corrected chi connectivity index (χ4v) is 2.99. The SMILES string of the molecule is NS(=O)(=O)c1ccc(N2CCCCCC2)c(C(=O)O)c1. The lowest BCUT2D eigenvalue weighted by atomic mass is 10.1. The maximum atomic E-state index is 11.4. The van der Waals surface area contributed by atoms with Crippen LogP contribution in [0.15, 0.2) is 23.1 Å².